The fourth-order valence-corrected chi connectivity index (χ4v) is 3.31. The lowest BCUT2D eigenvalue weighted by Crippen LogP contribution is -2.29. The van der Waals surface area contributed by atoms with Crippen LogP contribution in [0.25, 0.3) is 16.7 Å². The molecule has 2 heterocycles. The summed E-state index contributed by atoms with van der Waals surface area (Å²) in [4.78, 5) is 34.0. The lowest BCUT2D eigenvalue weighted by atomic mass is 10.2. The highest BCUT2D eigenvalue weighted by molar-refractivity contribution is 7.99. The summed E-state index contributed by atoms with van der Waals surface area (Å²) in [5.41, 5.74) is 1.37. The van der Waals surface area contributed by atoms with Crippen molar-refractivity contribution in [2.45, 2.75) is 12.1 Å². The Balaban J connectivity index is 1.97. The van der Waals surface area contributed by atoms with Crippen LogP contribution in [0.4, 0.5) is 0 Å². The monoisotopic (exact) mass is 384 g/mol. The molecular weight excluding hydrogens is 364 g/mol. The van der Waals surface area contributed by atoms with Gasteiger partial charge in [-0.05, 0) is 30.7 Å². The Morgan fingerprint density at radius 2 is 2.07 bits per heavy atom. The van der Waals surface area contributed by atoms with Gasteiger partial charge in [0, 0.05) is 19.9 Å². The SMILES string of the molecule is COCCNC(=O)CSc1nc2ccccc2c(=O)n1-c1ccc(C)cn1. The van der Waals surface area contributed by atoms with Gasteiger partial charge >= 0.3 is 0 Å². The summed E-state index contributed by atoms with van der Waals surface area (Å²) in [5, 5.41) is 3.69. The maximum Gasteiger partial charge on any atom is 0.267 e. The molecule has 0 aliphatic heterocycles. The van der Waals surface area contributed by atoms with Crippen molar-refractivity contribution in [3.05, 3.63) is 58.5 Å². The molecule has 0 spiro atoms. The summed E-state index contributed by atoms with van der Waals surface area (Å²) in [6.07, 6.45) is 1.70. The highest BCUT2D eigenvalue weighted by Crippen LogP contribution is 2.20. The van der Waals surface area contributed by atoms with E-state index < -0.39 is 0 Å². The highest BCUT2D eigenvalue weighted by atomic mass is 32.2. The number of hydrogen-bond donors (Lipinski definition) is 1. The van der Waals surface area contributed by atoms with Gasteiger partial charge in [0.1, 0.15) is 5.82 Å². The molecule has 0 aliphatic rings. The number of amides is 1. The molecular formula is C19H20N4O3S. The Morgan fingerprint density at radius 3 is 2.81 bits per heavy atom. The molecule has 27 heavy (non-hydrogen) atoms. The molecule has 0 bridgehead atoms. The Labute approximate surface area is 160 Å². The topological polar surface area (TPSA) is 86.1 Å². The Hall–Kier alpha value is -2.71. The van der Waals surface area contributed by atoms with Gasteiger partial charge in [0.05, 0.1) is 23.3 Å². The smallest absolute Gasteiger partial charge is 0.267 e. The summed E-state index contributed by atoms with van der Waals surface area (Å²) in [6, 6.07) is 10.8. The van der Waals surface area contributed by atoms with Crippen LogP contribution in [0, 0.1) is 6.92 Å². The number of methoxy groups -OCH3 is 1. The molecule has 0 radical (unpaired) electrons. The standard InChI is InChI=1S/C19H20N4O3S/c1-13-7-8-16(21-11-13)23-18(25)14-5-3-4-6-15(14)22-19(23)27-12-17(24)20-9-10-26-2/h3-8,11H,9-10,12H2,1-2H3,(H,20,24). The van der Waals surface area contributed by atoms with Crippen LogP contribution in [0.15, 0.2) is 52.5 Å². The highest BCUT2D eigenvalue weighted by Gasteiger charge is 2.15. The predicted octanol–water partition coefficient (Wildman–Crippen LogP) is 1.94. The van der Waals surface area contributed by atoms with Gasteiger partial charge in [-0.25, -0.2) is 14.5 Å². The third kappa shape index (κ3) is 4.53. The van der Waals surface area contributed by atoms with Gasteiger partial charge < -0.3 is 10.1 Å². The summed E-state index contributed by atoms with van der Waals surface area (Å²) in [6.45, 7) is 2.81. The number of thioether (sulfide) groups is 1. The van der Waals surface area contributed by atoms with Gasteiger partial charge in [0.25, 0.3) is 5.56 Å². The van der Waals surface area contributed by atoms with Crippen LogP contribution in [-0.2, 0) is 9.53 Å². The average Bonchev–Trinajstić information content (AvgIpc) is 2.68. The normalized spacial score (nSPS) is 10.9. The molecule has 1 amide bonds. The van der Waals surface area contributed by atoms with Crippen molar-refractivity contribution in [1.82, 2.24) is 19.9 Å². The fourth-order valence-electron chi connectivity index (χ4n) is 2.48. The fraction of sp³-hybridized carbons (Fsp3) is 0.263. The number of benzene rings is 1. The Kier molecular flexibility index (Phi) is 6.20. The first-order valence-electron chi connectivity index (χ1n) is 8.43. The van der Waals surface area contributed by atoms with E-state index in [-0.39, 0.29) is 17.2 Å². The number of nitrogens with one attached hydrogen (secondary N) is 1. The molecule has 2 aromatic heterocycles. The first kappa shape index (κ1) is 19.1. The van der Waals surface area contributed by atoms with E-state index in [1.165, 1.54) is 16.3 Å². The van der Waals surface area contributed by atoms with Crippen LogP contribution in [0.5, 0.6) is 0 Å². The number of hydrogen-bond acceptors (Lipinski definition) is 6. The minimum Gasteiger partial charge on any atom is -0.383 e. The molecule has 3 rings (SSSR count). The second kappa shape index (κ2) is 8.79. The van der Waals surface area contributed by atoms with Crippen LogP contribution >= 0.6 is 11.8 Å². The maximum absolute atomic E-state index is 13.0. The number of ether oxygens (including phenoxy) is 1. The van der Waals surface area contributed by atoms with E-state index in [0.29, 0.717) is 35.0 Å². The van der Waals surface area contributed by atoms with E-state index >= 15 is 0 Å². The van der Waals surface area contributed by atoms with Crippen LogP contribution in [0.1, 0.15) is 5.56 Å². The van der Waals surface area contributed by atoms with Crippen molar-refractivity contribution in [1.29, 1.82) is 0 Å². The number of para-hydroxylation sites is 1. The molecule has 8 heteroatoms. The van der Waals surface area contributed by atoms with E-state index in [2.05, 4.69) is 15.3 Å². The zero-order valence-corrected chi connectivity index (χ0v) is 16.0. The molecule has 1 aromatic carbocycles. The van der Waals surface area contributed by atoms with Crippen LogP contribution in [0.3, 0.4) is 0 Å². The van der Waals surface area contributed by atoms with Crippen molar-refractivity contribution in [2.75, 3.05) is 26.0 Å². The number of pyridine rings is 1. The van der Waals surface area contributed by atoms with E-state index in [4.69, 9.17) is 4.74 Å². The molecule has 7 nitrogen and oxygen atoms in total. The maximum atomic E-state index is 13.0. The van der Waals surface area contributed by atoms with Gasteiger partial charge in [-0.1, -0.05) is 30.0 Å². The van der Waals surface area contributed by atoms with E-state index in [0.717, 1.165) is 5.56 Å². The number of carbonyl (C=O) groups excluding carboxylic acids is 1. The predicted molar refractivity (Wildman–Crippen MR) is 105 cm³/mol. The van der Waals surface area contributed by atoms with Crippen molar-refractivity contribution in [3.63, 3.8) is 0 Å². The van der Waals surface area contributed by atoms with E-state index in [1.807, 2.05) is 19.1 Å². The lowest BCUT2D eigenvalue weighted by Gasteiger charge is -2.12. The van der Waals surface area contributed by atoms with E-state index in [9.17, 15) is 9.59 Å². The number of aryl methyl sites for hydroxylation is 1. The third-order valence-corrected chi connectivity index (χ3v) is 4.77. The van der Waals surface area contributed by atoms with Crippen LogP contribution in [-0.4, -0.2) is 46.5 Å². The molecule has 0 atom stereocenters. The van der Waals surface area contributed by atoms with Crippen molar-refractivity contribution < 1.29 is 9.53 Å². The number of nitrogens with zero attached hydrogens (tertiary/aromatic N) is 3. The largest absolute Gasteiger partial charge is 0.383 e. The molecule has 140 valence electrons. The van der Waals surface area contributed by atoms with Gasteiger partial charge in [-0.2, -0.15) is 0 Å². The number of rotatable bonds is 7. The van der Waals surface area contributed by atoms with Crippen molar-refractivity contribution in [3.8, 4) is 5.82 Å². The van der Waals surface area contributed by atoms with Crippen LogP contribution < -0.4 is 10.9 Å². The average molecular weight is 384 g/mol. The van der Waals surface area contributed by atoms with Crippen molar-refractivity contribution >= 4 is 28.6 Å². The number of aromatic nitrogens is 3. The second-order valence-corrected chi connectivity index (χ2v) is 6.82. The summed E-state index contributed by atoms with van der Waals surface area (Å²) in [5.74, 6) is 0.467. The Bertz CT molecular complexity index is 1000. The molecule has 0 saturated heterocycles. The third-order valence-electron chi connectivity index (χ3n) is 3.83. The zero-order chi connectivity index (χ0) is 19.2. The van der Waals surface area contributed by atoms with Crippen molar-refractivity contribution in [2.24, 2.45) is 0 Å². The van der Waals surface area contributed by atoms with Gasteiger partial charge in [-0.3, -0.25) is 9.59 Å². The molecule has 3 aromatic rings. The molecule has 0 fully saturated rings. The first-order valence-corrected chi connectivity index (χ1v) is 9.42. The number of fused-ring (bicyclic) bond motifs is 1. The first-order chi connectivity index (χ1) is 13.1. The molecule has 0 saturated carbocycles. The minimum absolute atomic E-state index is 0.139. The minimum atomic E-state index is -0.209. The summed E-state index contributed by atoms with van der Waals surface area (Å²) in [7, 11) is 1.58. The Morgan fingerprint density at radius 1 is 1.26 bits per heavy atom. The van der Waals surface area contributed by atoms with E-state index in [1.54, 1.807) is 37.6 Å². The summed E-state index contributed by atoms with van der Waals surface area (Å²) < 4.78 is 6.37. The lowest BCUT2D eigenvalue weighted by molar-refractivity contribution is -0.118. The number of carbonyl (C=O) groups is 1. The van der Waals surface area contributed by atoms with Gasteiger partial charge in [0.15, 0.2) is 5.16 Å². The zero-order valence-electron chi connectivity index (χ0n) is 15.1. The van der Waals surface area contributed by atoms with Gasteiger partial charge in [-0.15, -0.1) is 0 Å². The molecule has 0 aliphatic carbocycles. The molecule has 0 unspecified atom stereocenters. The summed E-state index contributed by atoms with van der Waals surface area (Å²) >= 11 is 1.20. The quantitative estimate of drug-likeness (QED) is 0.381. The van der Waals surface area contributed by atoms with Gasteiger partial charge in [0.2, 0.25) is 5.91 Å². The molecule has 1 N–H and O–H groups in total. The van der Waals surface area contributed by atoms with Crippen LogP contribution in [0.2, 0.25) is 0 Å². The second-order valence-electron chi connectivity index (χ2n) is 5.88.